The maximum atomic E-state index is 12.3. The summed E-state index contributed by atoms with van der Waals surface area (Å²) in [6.07, 6.45) is 0. The van der Waals surface area contributed by atoms with Crippen molar-refractivity contribution in [2.75, 3.05) is 42.9 Å². The van der Waals surface area contributed by atoms with Gasteiger partial charge in [0.15, 0.2) is 6.54 Å². The molecule has 1 heterocycles. The number of hydrogen-bond acceptors (Lipinski definition) is 3. The number of nitrogens with zero attached hydrogens (tertiary/aromatic N) is 1. The molecule has 132 valence electrons. The summed E-state index contributed by atoms with van der Waals surface area (Å²) in [6, 6.07) is 13.4. The molecule has 3 rings (SSSR count). The zero-order valence-corrected chi connectivity index (χ0v) is 14.9. The van der Waals surface area contributed by atoms with Crippen LogP contribution in [-0.4, -0.2) is 43.7 Å². The molecule has 5 heteroatoms. The molecule has 25 heavy (non-hydrogen) atoms. The van der Waals surface area contributed by atoms with E-state index in [0.717, 1.165) is 43.1 Å². The molecule has 1 aliphatic heterocycles. The predicted octanol–water partition coefficient (Wildman–Crippen LogP) is 1.35. The highest BCUT2D eigenvalue weighted by molar-refractivity contribution is 5.92. The highest BCUT2D eigenvalue weighted by Crippen LogP contribution is 2.18. The number of piperazine rings is 1. The molecule has 3 N–H and O–H groups in total. The summed E-state index contributed by atoms with van der Waals surface area (Å²) >= 11 is 0. The second kappa shape index (κ2) is 7.57. The molecule has 1 saturated heterocycles. The lowest BCUT2D eigenvalue weighted by atomic mass is 10.1. The molecular formula is C20H26N3O2+. The summed E-state index contributed by atoms with van der Waals surface area (Å²) < 4.78 is 0. The van der Waals surface area contributed by atoms with Crippen molar-refractivity contribution in [1.82, 2.24) is 0 Å². The van der Waals surface area contributed by atoms with Crippen LogP contribution < -0.4 is 15.1 Å². The van der Waals surface area contributed by atoms with Crippen molar-refractivity contribution in [2.24, 2.45) is 0 Å². The highest BCUT2D eigenvalue weighted by atomic mass is 16.3. The Balaban J connectivity index is 1.50. The third kappa shape index (κ3) is 4.51. The molecule has 2 aromatic rings. The van der Waals surface area contributed by atoms with Crippen LogP contribution in [0.4, 0.5) is 11.4 Å². The smallest absolute Gasteiger partial charge is 0.279 e. The van der Waals surface area contributed by atoms with Crippen molar-refractivity contribution in [3.63, 3.8) is 0 Å². The molecule has 0 aromatic heterocycles. The van der Waals surface area contributed by atoms with Crippen molar-refractivity contribution in [1.29, 1.82) is 0 Å². The normalized spacial score (nSPS) is 15.2. The Morgan fingerprint density at radius 3 is 2.44 bits per heavy atom. The van der Waals surface area contributed by atoms with E-state index in [2.05, 4.69) is 23.2 Å². The average molecular weight is 340 g/mol. The minimum Gasteiger partial charge on any atom is -0.508 e. The van der Waals surface area contributed by atoms with E-state index in [4.69, 9.17) is 0 Å². The third-order valence-electron chi connectivity index (χ3n) is 4.75. The molecule has 0 unspecified atom stereocenters. The molecule has 5 nitrogen and oxygen atoms in total. The van der Waals surface area contributed by atoms with Crippen LogP contribution in [0.1, 0.15) is 11.1 Å². The number of quaternary nitrogens is 1. The lowest BCUT2D eigenvalue weighted by molar-refractivity contribution is -0.892. The summed E-state index contributed by atoms with van der Waals surface area (Å²) in [6.45, 7) is 8.26. The number of aromatic hydroxyl groups is 1. The van der Waals surface area contributed by atoms with Gasteiger partial charge in [0.05, 0.1) is 26.2 Å². The molecule has 0 spiro atoms. The number of phenolic OH excluding ortho intramolecular Hbond substituents is 1. The third-order valence-corrected chi connectivity index (χ3v) is 4.75. The van der Waals surface area contributed by atoms with Crippen LogP contribution in [0.15, 0.2) is 42.5 Å². The van der Waals surface area contributed by atoms with E-state index in [-0.39, 0.29) is 11.7 Å². The van der Waals surface area contributed by atoms with Crippen LogP contribution in [0.25, 0.3) is 0 Å². The molecule has 1 amide bonds. The Labute approximate surface area is 148 Å². The Hall–Kier alpha value is -2.53. The van der Waals surface area contributed by atoms with E-state index in [1.165, 1.54) is 10.5 Å². The van der Waals surface area contributed by atoms with Gasteiger partial charge >= 0.3 is 0 Å². The van der Waals surface area contributed by atoms with E-state index in [9.17, 15) is 9.90 Å². The van der Waals surface area contributed by atoms with Crippen LogP contribution in [0.2, 0.25) is 0 Å². The van der Waals surface area contributed by atoms with Gasteiger partial charge in [-0.05, 0) is 49.7 Å². The summed E-state index contributed by atoms with van der Waals surface area (Å²) in [5, 5.41) is 12.4. The minimum absolute atomic E-state index is 0.0695. The Morgan fingerprint density at radius 1 is 1.12 bits per heavy atom. The quantitative estimate of drug-likeness (QED) is 0.788. The molecule has 0 aliphatic carbocycles. The molecule has 1 aliphatic rings. The van der Waals surface area contributed by atoms with Crippen LogP contribution in [0.3, 0.4) is 0 Å². The number of anilines is 2. The number of carbonyl (C=O) groups is 1. The van der Waals surface area contributed by atoms with Crippen LogP contribution in [0, 0.1) is 13.8 Å². The van der Waals surface area contributed by atoms with E-state index >= 15 is 0 Å². The van der Waals surface area contributed by atoms with Gasteiger partial charge in [-0.2, -0.15) is 0 Å². The Morgan fingerprint density at radius 2 is 1.80 bits per heavy atom. The zero-order valence-electron chi connectivity index (χ0n) is 14.9. The first-order valence-electron chi connectivity index (χ1n) is 8.76. The van der Waals surface area contributed by atoms with Gasteiger partial charge in [-0.1, -0.05) is 17.7 Å². The second-order valence-corrected chi connectivity index (χ2v) is 6.80. The molecule has 2 aromatic carbocycles. The van der Waals surface area contributed by atoms with E-state index in [0.29, 0.717) is 6.54 Å². The molecule has 0 atom stereocenters. The molecule has 0 bridgehead atoms. The van der Waals surface area contributed by atoms with Gasteiger partial charge in [-0.15, -0.1) is 0 Å². The topological polar surface area (TPSA) is 57.0 Å². The molecule has 0 saturated carbocycles. The van der Waals surface area contributed by atoms with Gasteiger partial charge in [-0.3, -0.25) is 4.79 Å². The predicted molar refractivity (Wildman–Crippen MR) is 100 cm³/mol. The van der Waals surface area contributed by atoms with E-state index < -0.39 is 0 Å². The van der Waals surface area contributed by atoms with Crippen molar-refractivity contribution >= 4 is 17.3 Å². The summed E-state index contributed by atoms with van der Waals surface area (Å²) in [7, 11) is 0. The number of rotatable bonds is 4. The summed E-state index contributed by atoms with van der Waals surface area (Å²) in [4.78, 5) is 15.9. The van der Waals surface area contributed by atoms with E-state index in [1.807, 2.05) is 31.2 Å². The van der Waals surface area contributed by atoms with E-state index in [1.54, 1.807) is 12.1 Å². The van der Waals surface area contributed by atoms with Gasteiger partial charge in [-0.25, -0.2) is 0 Å². The first-order chi connectivity index (χ1) is 12.0. The van der Waals surface area contributed by atoms with Gasteiger partial charge in [0.1, 0.15) is 5.75 Å². The number of aryl methyl sites for hydroxylation is 2. The lowest BCUT2D eigenvalue weighted by Gasteiger charge is -2.33. The number of benzene rings is 2. The largest absolute Gasteiger partial charge is 0.508 e. The van der Waals surface area contributed by atoms with Crippen molar-refractivity contribution < 1.29 is 14.8 Å². The summed E-state index contributed by atoms with van der Waals surface area (Å²) in [5.41, 5.74) is 4.32. The SMILES string of the molecule is Cc1ccc(NC(=O)C[NH+]2CCN(c3ccc(O)cc3)CC2)c(C)c1. The average Bonchev–Trinajstić information content (AvgIpc) is 2.59. The van der Waals surface area contributed by atoms with Crippen molar-refractivity contribution in [3.05, 3.63) is 53.6 Å². The number of phenols is 1. The highest BCUT2D eigenvalue weighted by Gasteiger charge is 2.22. The number of hydrogen-bond donors (Lipinski definition) is 3. The molecule has 1 fully saturated rings. The van der Waals surface area contributed by atoms with Gasteiger partial charge in [0.25, 0.3) is 5.91 Å². The van der Waals surface area contributed by atoms with Crippen LogP contribution in [-0.2, 0) is 4.79 Å². The lowest BCUT2D eigenvalue weighted by Crippen LogP contribution is -3.15. The maximum Gasteiger partial charge on any atom is 0.279 e. The monoisotopic (exact) mass is 340 g/mol. The molecule has 0 radical (unpaired) electrons. The number of carbonyl (C=O) groups excluding carboxylic acids is 1. The second-order valence-electron chi connectivity index (χ2n) is 6.80. The fourth-order valence-corrected chi connectivity index (χ4v) is 3.30. The number of nitrogens with one attached hydrogen (secondary N) is 2. The Bertz CT molecular complexity index is 735. The van der Waals surface area contributed by atoms with Gasteiger partial charge in [0, 0.05) is 11.4 Å². The minimum atomic E-state index is 0.0695. The van der Waals surface area contributed by atoms with Gasteiger partial charge < -0.3 is 20.2 Å². The standard InChI is InChI=1S/C20H25N3O2/c1-15-3-8-19(16(2)13-15)21-20(25)14-22-9-11-23(12-10-22)17-4-6-18(24)7-5-17/h3-8,13,24H,9-12,14H2,1-2H3,(H,21,25)/p+1. The van der Waals surface area contributed by atoms with Crippen LogP contribution >= 0.6 is 0 Å². The first-order valence-corrected chi connectivity index (χ1v) is 8.76. The Kier molecular flexibility index (Phi) is 5.24. The fraction of sp³-hybridized carbons (Fsp3) is 0.350. The van der Waals surface area contributed by atoms with Crippen molar-refractivity contribution in [2.45, 2.75) is 13.8 Å². The first kappa shape index (κ1) is 17.3. The van der Waals surface area contributed by atoms with Crippen molar-refractivity contribution in [3.8, 4) is 5.75 Å². The fourth-order valence-electron chi connectivity index (χ4n) is 3.30. The maximum absolute atomic E-state index is 12.3. The number of amides is 1. The molecular weight excluding hydrogens is 314 g/mol. The van der Waals surface area contributed by atoms with Gasteiger partial charge in [0.2, 0.25) is 0 Å². The summed E-state index contributed by atoms with van der Waals surface area (Å²) in [5.74, 6) is 0.358. The van der Waals surface area contributed by atoms with Crippen LogP contribution in [0.5, 0.6) is 5.75 Å². The zero-order chi connectivity index (χ0) is 17.8.